The molecule has 13 heavy (non-hydrogen) atoms. The first kappa shape index (κ1) is 12.9. The normalized spacial score (nSPS) is 12.0. The SMILES string of the molecule is CCO[B-](OCC)(OCC)[OH+]CC. The first-order valence-corrected chi connectivity index (χ1v) is 4.98. The van der Waals surface area contributed by atoms with Gasteiger partial charge < -0.3 is 18.6 Å². The maximum absolute atomic E-state index is 5.40. The summed E-state index contributed by atoms with van der Waals surface area (Å²) < 4.78 is 20.4. The van der Waals surface area contributed by atoms with E-state index in [1.165, 1.54) is 0 Å². The zero-order chi connectivity index (χ0) is 10.2. The zero-order valence-electron chi connectivity index (χ0n) is 9.08. The lowest BCUT2D eigenvalue weighted by atomic mass is 10.1. The summed E-state index contributed by atoms with van der Waals surface area (Å²) in [6.45, 7) is 8.07. The van der Waals surface area contributed by atoms with E-state index in [0.29, 0.717) is 26.4 Å². The van der Waals surface area contributed by atoms with Crippen molar-refractivity contribution < 1.29 is 18.6 Å². The van der Waals surface area contributed by atoms with Crippen LogP contribution in [0.25, 0.3) is 0 Å². The third kappa shape index (κ3) is 4.62. The molecule has 0 saturated heterocycles. The zero-order valence-corrected chi connectivity index (χ0v) is 9.08. The second kappa shape index (κ2) is 7.32. The smallest absolute Gasteiger partial charge is 0.605 e. The maximum Gasteiger partial charge on any atom is 0.729 e. The Balaban J connectivity index is 4.19. The Morgan fingerprint density at radius 2 is 1.23 bits per heavy atom. The highest BCUT2D eigenvalue weighted by molar-refractivity contribution is 6.52. The predicted octanol–water partition coefficient (Wildman–Crippen LogP) is 1.08. The fraction of sp³-hybridized carbons (Fsp3) is 1.00. The Labute approximate surface area is 80.5 Å². The molecule has 0 aromatic heterocycles. The molecular weight excluding hydrogens is 171 g/mol. The van der Waals surface area contributed by atoms with Crippen molar-refractivity contribution in [1.29, 1.82) is 0 Å². The van der Waals surface area contributed by atoms with Gasteiger partial charge in [0.2, 0.25) is 0 Å². The molecule has 0 aromatic rings. The van der Waals surface area contributed by atoms with E-state index in [1.807, 2.05) is 27.7 Å². The monoisotopic (exact) mass is 192 g/mol. The van der Waals surface area contributed by atoms with Crippen molar-refractivity contribution in [3.8, 4) is 0 Å². The van der Waals surface area contributed by atoms with Crippen LogP contribution in [0.5, 0.6) is 0 Å². The molecule has 0 saturated carbocycles. The first-order valence-electron chi connectivity index (χ1n) is 4.98. The highest BCUT2D eigenvalue weighted by Gasteiger charge is 2.41. The predicted molar refractivity (Wildman–Crippen MR) is 53.4 cm³/mol. The molecule has 1 N–H and O–H groups in total. The summed E-state index contributed by atoms with van der Waals surface area (Å²) in [7, 11) is 0. The molecule has 0 amide bonds. The molecule has 0 unspecified atom stereocenters. The van der Waals surface area contributed by atoms with Crippen LogP contribution >= 0.6 is 0 Å². The Hall–Kier alpha value is -0.0951. The van der Waals surface area contributed by atoms with Gasteiger partial charge in [0.25, 0.3) is 0 Å². The van der Waals surface area contributed by atoms with Crippen LogP contribution in [-0.4, -0.2) is 38.0 Å². The molecule has 0 atom stereocenters. The van der Waals surface area contributed by atoms with Crippen molar-refractivity contribution >= 4 is 6.96 Å². The van der Waals surface area contributed by atoms with Gasteiger partial charge in [-0.3, -0.25) is 0 Å². The van der Waals surface area contributed by atoms with Gasteiger partial charge in [-0.15, -0.1) is 0 Å². The third-order valence-corrected chi connectivity index (χ3v) is 1.54. The summed E-state index contributed by atoms with van der Waals surface area (Å²) in [5, 5.41) is 0. The van der Waals surface area contributed by atoms with Crippen LogP contribution in [0.3, 0.4) is 0 Å². The lowest BCUT2D eigenvalue weighted by Gasteiger charge is -2.33. The number of rotatable bonds is 8. The van der Waals surface area contributed by atoms with E-state index in [2.05, 4.69) is 4.65 Å². The Kier molecular flexibility index (Phi) is 7.27. The minimum atomic E-state index is -1.85. The van der Waals surface area contributed by atoms with Crippen molar-refractivity contribution in [1.82, 2.24) is 0 Å². The second-order valence-corrected chi connectivity index (χ2v) is 2.47. The molecule has 0 fully saturated rings. The molecule has 0 bridgehead atoms. The molecule has 0 aromatic carbocycles. The van der Waals surface area contributed by atoms with Crippen molar-refractivity contribution in [3.63, 3.8) is 0 Å². The van der Waals surface area contributed by atoms with Gasteiger partial charge in [0.05, 0.1) is 6.61 Å². The Bertz CT molecular complexity index is 91.2. The van der Waals surface area contributed by atoms with Gasteiger partial charge in [-0.2, -0.15) is 0 Å². The van der Waals surface area contributed by atoms with Crippen LogP contribution in [0.1, 0.15) is 27.7 Å². The molecule has 0 rings (SSSR count). The average molecular weight is 192 g/mol. The third-order valence-electron chi connectivity index (χ3n) is 1.54. The maximum atomic E-state index is 5.40. The molecule has 0 heterocycles. The lowest BCUT2D eigenvalue weighted by molar-refractivity contribution is -0.0913. The summed E-state index contributed by atoms with van der Waals surface area (Å²) in [5.74, 6) is 0. The number of aliphatic hydroxyl groups is 1. The van der Waals surface area contributed by atoms with Gasteiger partial charge in [-0.25, -0.2) is 0 Å². The van der Waals surface area contributed by atoms with E-state index in [1.54, 1.807) is 0 Å². The van der Waals surface area contributed by atoms with Crippen molar-refractivity contribution in [2.45, 2.75) is 27.7 Å². The van der Waals surface area contributed by atoms with Crippen molar-refractivity contribution in [2.24, 2.45) is 0 Å². The molecule has 4 nitrogen and oxygen atoms in total. The molecular formula is C8H21BO4. The van der Waals surface area contributed by atoms with E-state index < -0.39 is 6.96 Å². The van der Waals surface area contributed by atoms with Crippen molar-refractivity contribution in [2.75, 3.05) is 26.4 Å². The van der Waals surface area contributed by atoms with Crippen LogP contribution in [0, 0.1) is 0 Å². The Morgan fingerprint density at radius 3 is 1.46 bits per heavy atom. The van der Waals surface area contributed by atoms with Crippen LogP contribution in [0.15, 0.2) is 0 Å². The van der Waals surface area contributed by atoms with Gasteiger partial charge in [0, 0.05) is 19.8 Å². The van der Waals surface area contributed by atoms with Gasteiger partial charge in [0.1, 0.15) is 0 Å². The van der Waals surface area contributed by atoms with Crippen LogP contribution in [0.4, 0.5) is 0 Å². The van der Waals surface area contributed by atoms with Crippen LogP contribution in [-0.2, 0) is 14.0 Å². The minimum absolute atomic E-state index is 0.545. The standard InChI is InChI=1S/C8H21BO4/c1-5-10-9(11-6-2,12-7-3)13-8-4/h10H,5-8H2,1-4H3. The van der Waals surface area contributed by atoms with E-state index in [0.717, 1.165) is 0 Å². The average Bonchev–Trinajstić information content (AvgIpc) is 2.06. The van der Waals surface area contributed by atoms with E-state index in [9.17, 15) is 0 Å². The summed E-state index contributed by atoms with van der Waals surface area (Å²) in [6.07, 6.45) is 0. The topological polar surface area (TPSA) is 40.5 Å². The van der Waals surface area contributed by atoms with E-state index in [4.69, 9.17) is 14.0 Å². The largest absolute Gasteiger partial charge is 0.729 e. The molecule has 0 radical (unpaired) electrons. The first-order chi connectivity index (χ1) is 6.24. The van der Waals surface area contributed by atoms with Gasteiger partial charge in [-0.1, -0.05) is 0 Å². The minimum Gasteiger partial charge on any atom is -0.605 e. The second-order valence-electron chi connectivity index (χ2n) is 2.47. The van der Waals surface area contributed by atoms with E-state index >= 15 is 0 Å². The van der Waals surface area contributed by atoms with Crippen LogP contribution < -0.4 is 0 Å². The van der Waals surface area contributed by atoms with E-state index in [-0.39, 0.29) is 0 Å². The summed E-state index contributed by atoms with van der Waals surface area (Å²) in [4.78, 5) is 0. The molecule has 5 heteroatoms. The fourth-order valence-electron chi connectivity index (χ4n) is 1.16. The lowest BCUT2D eigenvalue weighted by Crippen LogP contribution is -2.52. The van der Waals surface area contributed by atoms with Crippen LogP contribution in [0.2, 0.25) is 0 Å². The summed E-state index contributed by atoms with van der Waals surface area (Å²) in [5.41, 5.74) is 0. The highest BCUT2D eigenvalue weighted by Crippen LogP contribution is 2.08. The molecule has 0 aliphatic heterocycles. The molecule has 80 valence electrons. The quantitative estimate of drug-likeness (QED) is 0.426. The van der Waals surface area contributed by atoms with Gasteiger partial charge in [0.15, 0.2) is 0 Å². The molecule has 0 spiro atoms. The van der Waals surface area contributed by atoms with Gasteiger partial charge >= 0.3 is 6.96 Å². The van der Waals surface area contributed by atoms with Crippen molar-refractivity contribution in [3.05, 3.63) is 0 Å². The number of hydrogen-bond donors (Lipinski definition) is 0. The molecule has 0 aliphatic rings. The fourth-order valence-corrected chi connectivity index (χ4v) is 1.16. The van der Waals surface area contributed by atoms with Gasteiger partial charge in [-0.05, 0) is 27.7 Å². The summed E-state index contributed by atoms with van der Waals surface area (Å²) in [6, 6.07) is 0. The Morgan fingerprint density at radius 1 is 0.846 bits per heavy atom. The molecule has 0 aliphatic carbocycles. The highest BCUT2D eigenvalue weighted by atomic mass is 16.9. The number of hydrogen-bond acceptors (Lipinski definition) is 3. The summed E-state index contributed by atoms with van der Waals surface area (Å²) >= 11 is 0.